The third-order valence-corrected chi connectivity index (χ3v) is 9.61. The number of carbonyl (C=O) groups excluding carboxylic acids is 2. The van der Waals surface area contributed by atoms with Crippen LogP contribution < -0.4 is 4.74 Å². The van der Waals surface area contributed by atoms with E-state index in [1.165, 1.54) is 34.5 Å². The molecule has 2 aromatic rings. The largest absolute Gasteiger partial charge is 0.497 e. The summed E-state index contributed by atoms with van der Waals surface area (Å²) in [6, 6.07) is 17.6. The van der Waals surface area contributed by atoms with E-state index in [4.69, 9.17) is 42.6 Å². The molecule has 2 aromatic carbocycles. The van der Waals surface area contributed by atoms with Crippen LogP contribution in [-0.2, 0) is 60.7 Å². The van der Waals surface area contributed by atoms with Crippen molar-refractivity contribution in [3.63, 3.8) is 0 Å². The highest BCUT2D eigenvalue weighted by molar-refractivity contribution is 5.83. The molecule has 0 saturated carbocycles. The number of methoxy groups -OCH3 is 5. The topological polar surface area (TPSA) is 117 Å². The second-order valence-corrected chi connectivity index (χ2v) is 13.8. The molecule has 0 bridgehead atoms. The summed E-state index contributed by atoms with van der Waals surface area (Å²) in [5.41, 5.74) is 1.48. The molecule has 0 aromatic heterocycles. The predicted octanol–water partition coefficient (Wildman–Crippen LogP) is 7.67. The van der Waals surface area contributed by atoms with Crippen molar-refractivity contribution in [3.8, 4) is 5.75 Å². The molecular weight excluding hydrogens is 692 g/mol. The highest BCUT2D eigenvalue weighted by Crippen LogP contribution is 2.49. The van der Waals surface area contributed by atoms with Crippen molar-refractivity contribution in [2.45, 2.75) is 109 Å². The highest BCUT2D eigenvalue weighted by Gasteiger charge is 2.59. The Balaban J connectivity index is 2.06. The van der Waals surface area contributed by atoms with Crippen molar-refractivity contribution in [3.05, 3.63) is 102 Å². The maximum Gasteiger partial charge on any atom is 0.330 e. The van der Waals surface area contributed by atoms with Crippen LogP contribution in [0.1, 0.15) is 70.4 Å². The number of hydrogen-bond acceptors (Lipinski definition) is 11. The van der Waals surface area contributed by atoms with Gasteiger partial charge in [0.2, 0.25) is 5.79 Å². The van der Waals surface area contributed by atoms with Gasteiger partial charge in [-0.3, -0.25) is 4.79 Å². The first kappa shape index (κ1) is 44.6. The lowest BCUT2D eigenvalue weighted by Gasteiger charge is -2.53. The van der Waals surface area contributed by atoms with Gasteiger partial charge in [-0.1, -0.05) is 68.5 Å². The van der Waals surface area contributed by atoms with Crippen LogP contribution in [0.3, 0.4) is 0 Å². The van der Waals surface area contributed by atoms with E-state index in [0.717, 1.165) is 29.7 Å². The van der Waals surface area contributed by atoms with Crippen molar-refractivity contribution in [2.75, 3.05) is 35.5 Å². The first-order valence-electron chi connectivity index (χ1n) is 18.4. The number of carbonyl (C=O) groups is 2. The van der Waals surface area contributed by atoms with Crippen LogP contribution in [0.4, 0.5) is 0 Å². The lowest BCUT2D eigenvalue weighted by Crippen LogP contribution is -2.63. The molecular formula is C43H60O11. The Morgan fingerprint density at radius 1 is 0.944 bits per heavy atom. The number of hydrogen-bond donors (Lipinski definition) is 0. The van der Waals surface area contributed by atoms with Crippen LogP contribution in [0.15, 0.2) is 91.1 Å². The number of ether oxygens (including phenoxy) is 9. The molecule has 1 aliphatic heterocycles. The quantitative estimate of drug-likeness (QED) is 0.0366. The van der Waals surface area contributed by atoms with Gasteiger partial charge in [0, 0.05) is 45.7 Å². The molecule has 0 spiro atoms. The number of rotatable bonds is 23. The monoisotopic (exact) mass is 752 g/mol. The number of benzene rings is 2. The van der Waals surface area contributed by atoms with Gasteiger partial charge < -0.3 is 42.6 Å². The van der Waals surface area contributed by atoms with Gasteiger partial charge in [0.05, 0.1) is 45.7 Å². The van der Waals surface area contributed by atoms with Gasteiger partial charge in [0.25, 0.3) is 0 Å². The Kier molecular flexibility index (Phi) is 18.6. The van der Waals surface area contributed by atoms with Crippen LogP contribution in [-0.4, -0.2) is 84.0 Å². The van der Waals surface area contributed by atoms with E-state index in [0.29, 0.717) is 31.6 Å². The summed E-state index contributed by atoms with van der Waals surface area (Å²) in [4.78, 5) is 26.4. The Morgan fingerprint density at radius 2 is 1.61 bits per heavy atom. The molecule has 11 nitrogen and oxygen atoms in total. The minimum Gasteiger partial charge on any atom is -0.497 e. The van der Waals surface area contributed by atoms with Crippen molar-refractivity contribution in [1.82, 2.24) is 0 Å². The predicted molar refractivity (Wildman–Crippen MR) is 205 cm³/mol. The average molecular weight is 753 g/mol. The van der Waals surface area contributed by atoms with Gasteiger partial charge >= 0.3 is 11.9 Å². The van der Waals surface area contributed by atoms with E-state index in [1.807, 2.05) is 87.5 Å². The molecule has 1 heterocycles. The summed E-state index contributed by atoms with van der Waals surface area (Å²) in [5.74, 6) is -1.92. The molecule has 298 valence electrons. The van der Waals surface area contributed by atoms with E-state index in [1.54, 1.807) is 13.2 Å². The van der Waals surface area contributed by atoms with Crippen molar-refractivity contribution in [2.24, 2.45) is 5.41 Å². The minimum atomic E-state index is -1.62. The first-order valence-corrected chi connectivity index (χ1v) is 18.4. The Bertz CT molecular complexity index is 1480. The number of allylic oxidation sites excluding steroid dienone is 1. The van der Waals surface area contributed by atoms with Crippen LogP contribution in [0.5, 0.6) is 5.75 Å². The summed E-state index contributed by atoms with van der Waals surface area (Å²) >= 11 is 0. The van der Waals surface area contributed by atoms with E-state index in [9.17, 15) is 9.59 Å². The molecule has 0 N–H and O–H groups in total. The first-order chi connectivity index (χ1) is 25.9. The van der Waals surface area contributed by atoms with Gasteiger partial charge in [-0.25, -0.2) is 4.79 Å². The second kappa shape index (κ2) is 22.5. The standard InChI is InChI=1S/C43H60O11/c1-10-11-12-16-19-38(44)53-41-34(27-39(45)47-6)26-36(54-43(41,50-9)42(3,4)25-24-40(48-7)49-8)28-37(31(2)51-29-32-17-14-13-15-18-32)52-30-33-20-22-35(46-5)23-21-33/h10,13-15,17-18,20-25,27,31,36-37,40-41H,1,11-12,16,19,26,28-30H2,2-9H3/b25-24+,34-27+/t31-,36+,37?,41+,43-/m1/s1. The molecule has 0 aliphatic carbocycles. The highest BCUT2D eigenvalue weighted by atomic mass is 16.7. The van der Waals surface area contributed by atoms with Crippen LogP contribution in [0.2, 0.25) is 0 Å². The molecule has 1 unspecified atom stereocenters. The zero-order valence-corrected chi connectivity index (χ0v) is 33.2. The molecule has 1 aliphatic rings. The second-order valence-electron chi connectivity index (χ2n) is 13.8. The van der Waals surface area contributed by atoms with Gasteiger partial charge in [-0.05, 0) is 67.5 Å². The summed E-state index contributed by atoms with van der Waals surface area (Å²) in [6.45, 7) is 10.2. The van der Waals surface area contributed by atoms with Gasteiger partial charge in [-0.15, -0.1) is 6.58 Å². The fourth-order valence-electron chi connectivity index (χ4n) is 6.43. The van der Waals surface area contributed by atoms with Gasteiger partial charge in [-0.2, -0.15) is 0 Å². The number of esters is 2. The molecule has 0 radical (unpaired) electrons. The molecule has 54 heavy (non-hydrogen) atoms. The number of unbranched alkanes of at least 4 members (excludes halogenated alkanes) is 2. The fourth-order valence-corrected chi connectivity index (χ4v) is 6.43. The minimum absolute atomic E-state index is 0.169. The van der Waals surface area contributed by atoms with E-state index in [2.05, 4.69) is 6.58 Å². The molecule has 1 fully saturated rings. The zero-order valence-electron chi connectivity index (χ0n) is 33.2. The Hall–Kier alpha value is -3.84. The van der Waals surface area contributed by atoms with E-state index >= 15 is 0 Å². The maximum atomic E-state index is 13.5. The molecule has 1 saturated heterocycles. The van der Waals surface area contributed by atoms with E-state index in [-0.39, 0.29) is 18.9 Å². The fraction of sp³-hybridized carbons (Fsp3) is 0.535. The third-order valence-electron chi connectivity index (χ3n) is 9.61. The Labute approximate surface area is 321 Å². The molecule has 5 atom stereocenters. The van der Waals surface area contributed by atoms with Crippen LogP contribution in [0, 0.1) is 5.41 Å². The van der Waals surface area contributed by atoms with Gasteiger partial charge in [0.15, 0.2) is 12.4 Å². The average Bonchev–Trinajstić information content (AvgIpc) is 3.18. The zero-order chi connectivity index (χ0) is 39.6. The maximum absolute atomic E-state index is 13.5. The summed E-state index contributed by atoms with van der Waals surface area (Å²) < 4.78 is 53.9. The molecule has 3 rings (SSSR count). The van der Waals surface area contributed by atoms with E-state index < -0.39 is 47.7 Å². The van der Waals surface area contributed by atoms with Crippen LogP contribution >= 0.6 is 0 Å². The van der Waals surface area contributed by atoms with Gasteiger partial charge in [0.1, 0.15) is 5.75 Å². The lowest BCUT2D eigenvalue weighted by molar-refractivity contribution is -0.339. The Morgan fingerprint density at radius 3 is 2.22 bits per heavy atom. The van der Waals surface area contributed by atoms with Crippen LogP contribution in [0.25, 0.3) is 0 Å². The summed E-state index contributed by atoms with van der Waals surface area (Å²) in [7, 11) is 7.50. The summed E-state index contributed by atoms with van der Waals surface area (Å²) in [6.07, 6.45) is 6.49. The van der Waals surface area contributed by atoms with Crippen molar-refractivity contribution >= 4 is 11.9 Å². The normalized spacial score (nSPS) is 20.9. The van der Waals surface area contributed by atoms with Crippen molar-refractivity contribution < 1.29 is 52.2 Å². The molecule has 0 amide bonds. The lowest BCUT2D eigenvalue weighted by atomic mass is 9.74. The smallest absolute Gasteiger partial charge is 0.330 e. The molecule has 11 heteroatoms. The summed E-state index contributed by atoms with van der Waals surface area (Å²) in [5, 5.41) is 0. The SMILES string of the molecule is C=CCCCCC(=O)O[C@H]1/C(=C/C(=O)OC)C[C@@H](CC(OCc2ccc(OC)cc2)[C@@H](C)OCc2ccccc2)O[C@@]1(OC)C(C)(C)/C=C/C(OC)OC. The van der Waals surface area contributed by atoms with Crippen molar-refractivity contribution in [1.29, 1.82) is 0 Å². The third kappa shape index (κ3) is 12.9.